The number of halogens is 1. The maximum atomic E-state index is 12.5. The van der Waals surface area contributed by atoms with Gasteiger partial charge in [0, 0.05) is 16.3 Å². The second-order valence-electron chi connectivity index (χ2n) is 7.04. The highest BCUT2D eigenvalue weighted by atomic mass is 35.5. The number of carbonyl (C=O) groups excluding carboxylic acids is 2. The molecule has 3 aromatic rings. The van der Waals surface area contributed by atoms with Crippen LogP contribution in [0.15, 0.2) is 66.7 Å². The Hall–Kier alpha value is -3.84. The van der Waals surface area contributed by atoms with Crippen LogP contribution < -0.4 is 15.4 Å². The number of ether oxygens (including phenoxy) is 1. The third kappa shape index (κ3) is 5.65. The third-order valence-electron chi connectivity index (χ3n) is 4.63. The lowest BCUT2D eigenvalue weighted by Crippen LogP contribution is -2.30. The van der Waals surface area contributed by atoms with Crippen LogP contribution in [0, 0.1) is 6.92 Å². The fourth-order valence-electron chi connectivity index (χ4n) is 2.91. The molecule has 0 aliphatic rings. The fraction of sp³-hybridized carbons (Fsp3) is 0.125. The largest absolute Gasteiger partial charge is 0.481 e. The smallest absolute Gasteiger partial charge is 0.337 e. The second kappa shape index (κ2) is 9.98. The number of nitrogens with one attached hydrogen (secondary N) is 2. The van der Waals surface area contributed by atoms with Gasteiger partial charge in [0.2, 0.25) is 0 Å². The van der Waals surface area contributed by atoms with E-state index >= 15 is 0 Å². The molecule has 7 nitrogen and oxygen atoms in total. The van der Waals surface area contributed by atoms with Gasteiger partial charge in [-0.15, -0.1) is 0 Å². The van der Waals surface area contributed by atoms with Gasteiger partial charge in [-0.2, -0.15) is 0 Å². The van der Waals surface area contributed by atoms with Gasteiger partial charge in [-0.05, 0) is 74.0 Å². The van der Waals surface area contributed by atoms with Gasteiger partial charge >= 0.3 is 5.97 Å². The molecule has 0 saturated carbocycles. The van der Waals surface area contributed by atoms with Crippen LogP contribution >= 0.6 is 11.6 Å². The molecule has 3 rings (SSSR count). The van der Waals surface area contributed by atoms with Crippen molar-refractivity contribution in [1.29, 1.82) is 0 Å². The summed E-state index contributed by atoms with van der Waals surface area (Å²) >= 11 is 5.94. The molecule has 0 aliphatic heterocycles. The average Bonchev–Trinajstić information content (AvgIpc) is 2.76. The summed E-state index contributed by atoms with van der Waals surface area (Å²) in [6.45, 7) is 3.47. The summed E-state index contributed by atoms with van der Waals surface area (Å²) < 4.78 is 5.71. The Balaban J connectivity index is 1.62. The van der Waals surface area contributed by atoms with Crippen LogP contribution in [0.1, 0.15) is 33.2 Å². The molecule has 0 radical (unpaired) electrons. The molecule has 8 heteroatoms. The van der Waals surface area contributed by atoms with Crippen molar-refractivity contribution in [3.8, 4) is 5.75 Å². The lowest BCUT2D eigenvalue weighted by molar-refractivity contribution is -0.122. The predicted molar refractivity (Wildman–Crippen MR) is 123 cm³/mol. The number of hydrogen-bond acceptors (Lipinski definition) is 4. The molecule has 0 saturated heterocycles. The molecule has 2 amide bonds. The fourth-order valence-corrected chi connectivity index (χ4v) is 3.14. The third-order valence-corrected chi connectivity index (χ3v) is 4.87. The number of anilines is 2. The Morgan fingerprint density at radius 2 is 1.66 bits per heavy atom. The van der Waals surface area contributed by atoms with Gasteiger partial charge in [-0.1, -0.05) is 23.7 Å². The standard InChI is InChI=1S/C24H21ClN2O5/c1-14-13-17(25)9-12-21(14)32-15(2)22(28)26-18-10-7-16(8-11-18)23(29)27-20-6-4-3-5-19(20)24(30)31/h3-13,15H,1-2H3,(H,26,28)(H,27,29)(H,30,31)/t15-/m1/s1. The first-order chi connectivity index (χ1) is 15.2. The van der Waals surface area contributed by atoms with Crippen LogP contribution in [0.25, 0.3) is 0 Å². The minimum atomic E-state index is -1.14. The lowest BCUT2D eigenvalue weighted by atomic mass is 10.1. The topological polar surface area (TPSA) is 105 Å². The normalized spacial score (nSPS) is 11.3. The molecule has 164 valence electrons. The van der Waals surface area contributed by atoms with Crippen molar-refractivity contribution in [3.63, 3.8) is 0 Å². The van der Waals surface area contributed by atoms with Crippen molar-refractivity contribution in [2.45, 2.75) is 20.0 Å². The number of aromatic carboxylic acids is 1. The van der Waals surface area contributed by atoms with Crippen molar-refractivity contribution in [2.24, 2.45) is 0 Å². The summed E-state index contributed by atoms with van der Waals surface area (Å²) in [6.07, 6.45) is -0.759. The second-order valence-corrected chi connectivity index (χ2v) is 7.48. The Labute approximate surface area is 190 Å². The number of para-hydroxylation sites is 1. The van der Waals surface area contributed by atoms with Gasteiger partial charge in [-0.3, -0.25) is 9.59 Å². The number of hydrogen-bond donors (Lipinski definition) is 3. The minimum absolute atomic E-state index is 0.00496. The zero-order valence-electron chi connectivity index (χ0n) is 17.4. The molecule has 0 aliphatic carbocycles. The van der Waals surface area contributed by atoms with E-state index in [9.17, 15) is 19.5 Å². The Morgan fingerprint density at radius 1 is 0.969 bits per heavy atom. The molecular weight excluding hydrogens is 432 g/mol. The van der Waals surface area contributed by atoms with E-state index in [4.69, 9.17) is 16.3 Å². The monoisotopic (exact) mass is 452 g/mol. The molecule has 0 heterocycles. The highest BCUT2D eigenvalue weighted by Crippen LogP contribution is 2.23. The highest BCUT2D eigenvalue weighted by Gasteiger charge is 2.17. The van der Waals surface area contributed by atoms with E-state index < -0.39 is 18.0 Å². The van der Waals surface area contributed by atoms with E-state index in [0.29, 0.717) is 22.0 Å². The van der Waals surface area contributed by atoms with Crippen LogP contribution in [0.5, 0.6) is 5.75 Å². The van der Waals surface area contributed by atoms with Gasteiger partial charge < -0.3 is 20.5 Å². The first-order valence-electron chi connectivity index (χ1n) is 9.72. The Kier molecular flexibility index (Phi) is 7.12. The zero-order valence-corrected chi connectivity index (χ0v) is 18.1. The molecule has 0 aromatic heterocycles. The number of amides is 2. The number of carboxylic acids is 1. The van der Waals surface area contributed by atoms with Crippen LogP contribution in [-0.2, 0) is 4.79 Å². The number of carboxylic acid groups (broad SMARTS) is 1. The summed E-state index contributed by atoms with van der Waals surface area (Å²) in [6, 6.07) is 17.5. The molecule has 0 spiro atoms. The lowest BCUT2D eigenvalue weighted by Gasteiger charge is -2.16. The van der Waals surface area contributed by atoms with Crippen molar-refractivity contribution in [2.75, 3.05) is 10.6 Å². The highest BCUT2D eigenvalue weighted by molar-refractivity contribution is 6.30. The first kappa shape index (κ1) is 22.8. The maximum Gasteiger partial charge on any atom is 0.337 e. The van der Waals surface area contributed by atoms with E-state index in [1.54, 1.807) is 49.4 Å². The van der Waals surface area contributed by atoms with E-state index in [1.807, 2.05) is 6.92 Å². The van der Waals surface area contributed by atoms with Crippen molar-refractivity contribution >= 4 is 40.8 Å². The van der Waals surface area contributed by atoms with Gasteiger partial charge in [0.1, 0.15) is 5.75 Å². The van der Waals surface area contributed by atoms with Crippen LogP contribution in [-0.4, -0.2) is 29.0 Å². The predicted octanol–water partition coefficient (Wildman–Crippen LogP) is 5.00. The van der Waals surface area contributed by atoms with Crippen LogP contribution in [0.4, 0.5) is 11.4 Å². The van der Waals surface area contributed by atoms with Gasteiger partial charge in [-0.25, -0.2) is 4.79 Å². The van der Waals surface area contributed by atoms with E-state index in [0.717, 1.165) is 5.56 Å². The van der Waals surface area contributed by atoms with E-state index in [-0.39, 0.29) is 17.2 Å². The Bertz CT molecular complexity index is 1160. The summed E-state index contributed by atoms with van der Waals surface area (Å²) in [7, 11) is 0. The van der Waals surface area contributed by atoms with Crippen molar-refractivity contribution in [1.82, 2.24) is 0 Å². The molecular formula is C24H21ClN2O5. The number of aryl methyl sites for hydroxylation is 1. The van der Waals surface area contributed by atoms with Crippen LogP contribution in [0.3, 0.4) is 0 Å². The van der Waals surface area contributed by atoms with Gasteiger partial charge in [0.05, 0.1) is 11.3 Å². The van der Waals surface area contributed by atoms with Crippen molar-refractivity contribution in [3.05, 3.63) is 88.4 Å². The molecule has 1 atom stereocenters. The van der Waals surface area contributed by atoms with Gasteiger partial charge in [0.25, 0.3) is 11.8 Å². The molecule has 3 aromatic carbocycles. The summed E-state index contributed by atoms with van der Waals surface area (Å²) in [5, 5.41) is 15.1. The summed E-state index contributed by atoms with van der Waals surface area (Å²) in [4.78, 5) is 36.2. The van der Waals surface area contributed by atoms with E-state index in [1.165, 1.54) is 24.3 Å². The number of benzene rings is 3. The SMILES string of the molecule is Cc1cc(Cl)ccc1O[C@H](C)C(=O)Nc1ccc(C(=O)Nc2ccccc2C(=O)O)cc1. The molecule has 0 bridgehead atoms. The molecule has 3 N–H and O–H groups in total. The number of rotatable bonds is 7. The Morgan fingerprint density at radius 3 is 2.31 bits per heavy atom. The van der Waals surface area contributed by atoms with Crippen molar-refractivity contribution < 1.29 is 24.2 Å². The van der Waals surface area contributed by atoms with Crippen LogP contribution in [0.2, 0.25) is 5.02 Å². The average molecular weight is 453 g/mol. The maximum absolute atomic E-state index is 12.5. The molecule has 0 fully saturated rings. The molecule has 0 unspecified atom stereocenters. The molecule has 32 heavy (non-hydrogen) atoms. The first-order valence-corrected chi connectivity index (χ1v) is 10.1. The summed E-state index contributed by atoms with van der Waals surface area (Å²) in [5.74, 6) is -1.40. The number of carbonyl (C=O) groups is 3. The van der Waals surface area contributed by atoms with Gasteiger partial charge in [0.15, 0.2) is 6.10 Å². The minimum Gasteiger partial charge on any atom is -0.481 e. The quantitative estimate of drug-likeness (QED) is 0.467. The zero-order chi connectivity index (χ0) is 23.3. The van der Waals surface area contributed by atoms with E-state index in [2.05, 4.69) is 10.6 Å². The summed E-state index contributed by atoms with van der Waals surface area (Å²) in [5.41, 5.74) is 1.81.